The van der Waals surface area contributed by atoms with Crippen molar-refractivity contribution in [3.8, 4) is 11.5 Å². The molecule has 3 heterocycles. The zero-order valence-electron chi connectivity index (χ0n) is 19.7. The van der Waals surface area contributed by atoms with Gasteiger partial charge in [0.15, 0.2) is 17.1 Å². The van der Waals surface area contributed by atoms with E-state index in [1.807, 2.05) is 39.0 Å². The Balaban J connectivity index is 1.57. The molecule has 0 fully saturated rings. The summed E-state index contributed by atoms with van der Waals surface area (Å²) in [6, 6.07) is 5.29. The van der Waals surface area contributed by atoms with Gasteiger partial charge in [-0.05, 0) is 37.5 Å². The number of aromatic nitrogens is 4. The van der Waals surface area contributed by atoms with Crippen molar-refractivity contribution in [1.29, 1.82) is 0 Å². The Morgan fingerprint density at radius 3 is 2.65 bits per heavy atom. The molecule has 10 nitrogen and oxygen atoms in total. The van der Waals surface area contributed by atoms with Crippen molar-refractivity contribution in [2.24, 2.45) is 13.0 Å². The van der Waals surface area contributed by atoms with Gasteiger partial charge in [-0.1, -0.05) is 31.7 Å². The molecule has 1 unspecified atom stereocenters. The van der Waals surface area contributed by atoms with Gasteiger partial charge in [0.05, 0.1) is 11.8 Å². The fraction of sp³-hybridized carbons (Fsp3) is 0.435. The number of hydrogen-bond donors (Lipinski definition) is 1. The lowest BCUT2D eigenvalue weighted by molar-refractivity contribution is -0.119. The van der Waals surface area contributed by atoms with Gasteiger partial charge >= 0.3 is 5.69 Å². The highest BCUT2D eigenvalue weighted by Gasteiger charge is 2.20. The van der Waals surface area contributed by atoms with E-state index in [1.54, 1.807) is 6.92 Å². The molecule has 4 rings (SSSR count). The minimum atomic E-state index is -0.475. The predicted octanol–water partition coefficient (Wildman–Crippen LogP) is 2.15. The van der Waals surface area contributed by atoms with Gasteiger partial charge in [-0.25, -0.2) is 14.8 Å². The van der Waals surface area contributed by atoms with E-state index in [4.69, 9.17) is 9.47 Å². The van der Waals surface area contributed by atoms with Gasteiger partial charge in [-0.2, -0.15) is 0 Å². The lowest BCUT2D eigenvalue weighted by atomic mass is 10.1. The molecule has 1 atom stereocenters. The lowest BCUT2D eigenvalue weighted by Gasteiger charge is -2.16. The summed E-state index contributed by atoms with van der Waals surface area (Å²) in [5.41, 5.74) is 0.288. The number of nitrogens with one attached hydrogen (secondary N) is 1. The number of benzene rings is 1. The number of carbonyl (C=O) groups excluding carboxylic acids is 1. The zero-order valence-corrected chi connectivity index (χ0v) is 20.6. The number of aryl methyl sites for hydroxylation is 1. The van der Waals surface area contributed by atoms with Crippen LogP contribution in [0.25, 0.3) is 11.0 Å². The SMILES string of the molecule is Cc1nc(SCC(=O)NC(C)c2ccc3c(c2)OCO3)c2c(=O)n(C)c(=O)n(CC(C)C)c2n1. The molecule has 0 radical (unpaired) electrons. The van der Waals surface area contributed by atoms with Crippen molar-refractivity contribution in [2.75, 3.05) is 12.5 Å². The first-order chi connectivity index (χ1) is 16.2. The highest BCUT2D eigenvalue weighted by atomic mass is 32.2. The number of hydrogen-bond acceptors (Lipinski definition) is 8. The average Bonchev–Trinajstić information content (AvgIpc) is 3.26. The summed E-state index contributed by atoms with van der Waals surface area (Å²) in [5, 5.41) is 3.58. The van der Waals surface area contributed by atoms with Crippen molar-refractivity contribution in [3.63, 3.8) is 0 Å². The molecule has 0 saturated carbocycles. The summed E-state index contributed by atoms with van der Waals surface area (Å²) in [6.45, 7) is 8.15. The van der Waals surface area contributed by atoms with Gasteiger partial charge in [-0.3, -0.25) is 18.7 Å². The molecule has 11 heteroatoms. The van der Waals surface area contributed by atoms with Crippen LogP contribution >= 0.6 is 11.8 Å². The molecular formula is C23H27N5O5S. The van der Waals surface area contributed by atoms with Crippen LogP contribution in [0.5, 0.6) is 11.5 Å². The Morgan fingerprint density at radius 2 is 1.91 bits per heavy atom. The quantitative estimate of drug-likeness (QED) is 0.400. The fourth-order valence-corrected chi connectivity index (χ4v) is 4.63. The van der Waals surface area contributed by atoms with Crippen LogP contribution in [0.15, 0.2) is 32.8 Å². The number of nitrogens with zero attached hydrogens (tertiary/aromatic N) is 4. The van der Waals surface area contributed by atoms with E-state index >= 15 is 0 Å². The maximum atomic E-state index is 13.0. The van der Waals surface area contributed by atoms with E-state index < -0.39 is 11.2 Å². The molecule has 0 bridgehead atoms. The highest BCUT2D eigenvalue weighted by Crippen LogP contribution is 2.34. The fourth-order valence-electron chi connectivity index (χ4n) is 3.76. The van der Waals surface area contributed by atoms with E-state index in [9.17, 15) is 14.4 Å². The molecule has 1 N–H and O–H groups in total. The Labute approximate surface area is 200 Å². The van der Waals surface area contributed by atoms with Crippen LogP contribution in [0, 0.1) is 12.8 Å². The van der Waals surface area contributed by atoms with Gasteiger partial charge in [0.2, 0.25) is 12.7 Å². The summed E-state index contributed by atoms with van der Waals surface area (Å²) in [6.07, 6.45) is 0. The van der Waals surface area contributed by atoms with Crippen LogP contribution < -0.4 is 26.0 Å². The van der Waals surface area contributed by atoms with E-state index in [1.165, 1.54) is 11.6 Å². The minimum absolute atomic E-state index is 0.0485. The highest BCUT2D eigenvalue weighted by molar-refractivity contribution is 8.00. The Bertz CT molecular complexity index is 1380. The largest absolute Gasteiger partial charge is 0.454 e. The first kappa shape index (κ1) is 23.8. The van der Waals surface area contributed by atoms with Crippen molar-refractivity contribution in [3.05, 3.63) is 50.4 Å². The topological polar surface area (TPSA) is 117 Å². The molecule has 0 saturated heterocycles. The van der Waals surface area contributed by atoms with Gasteiger partial charge in [0.1, 0.15) is 16.2 Å². The van der Waals surface area contributed by atoms with Crippen LogP contribution in [-0.2, 0) is 18.4 Å². The molecule has 1 aromatic carbocycles. The minimum Gasteiger partial charge on any atom is -0.454 e. The third-order valence-corrected chi connectivity index (χ3v) is 6.40. The van der Waals surface area contributed by atoms with Crippen molar-refractivity contribution in [1.82, 2.24) is 24.4 Å². The van der Waals surface area contributed by atoms with E-state index in [0.717, 1.165) is 21.9 Å². The van der Waals surface area contributed by atoms with Crippen LogP contribution in [0.2, 0.25) is 0 Å². The molecule has 1 aliphatic rings. The van der Waals surface area contributed by atoms with E-state index in [0.29, 0.717) is 34.5 Å². The molecule has 3 aromatic rings. The molecule has 0 spiro atoms. The van der Waals surface area contributed by atoms with Crippen LogP contribution in [0.4, 0.5) is 0 Å². The molecule has 34 heavy (non-hydrogen) atoms. The second-order valence-electron chi connectivity index (χ2n) is 8.62. The summed E-state index contributed by atoms with van der Waals surface area (Å²) in [5.74, 6) is 1.77. The first-order valence-electron chi connectivity index (χ1n) is 11.0. The van der Waals surface area contributed by atoms with Crippen molar-refractivity contribution in [2.45, 2.75) is 45.3 Å². The average molecular weight is 486 g/mol. The monoisotopic (exact) mass is 485 g/mol. The van der Waals surface area contributed by atoms with Gasteiger partial charge in [0.25, 0.3) is 5.56 Å². The van der Waals surface area contributed by atoms with Crippen molar-refractivity contribution >= 4 is 28.7 Å². The van der Waals surface area contributed by atoms with Gasteiger partial charge in [-0.15, -0.1) is 0 Å². The summed E-state index contributed by atoms with van der Waals surface area (Å²) in [7, 11) is 1.44. The zero-order chi connectivity index (χ0) is 24.6. The van der Waals surface area contributed by atoms with Crippen LogP contribution in [0.3, 0.4) is 0 Å². The van der Waals surface area contributed by atoms with Crippen LogP contribution in [-0.4, -0.2) is 37.6 Å². The van der Waals surface area contributed by atoms with Crippen LogP contribution in [0.1, 0.15) is 38.2 Å². The lowest BCUT2D eigenvalue weighted by Crippen LogP contribution is -2.39. The standard InChI is InChI=1S/C23H27N5O5S/c1-12(2)9-28-20-19(22(30)27(5)23(28)31)21(26-14(4)25-20)34-10-18(29)24-13(3)15-6-7-16-17(8-15)33-11-32-16/h6-8,12-13H,9-11H2,1-5H3,(H,24,29). The normalized spacial score (nSPS) is 13.5. The molecule has 1 aliphatic heterocycles. The second-order valence-corrected chi connectivity index (χ2v) is 9.58. The molecule has 180 valence electrons. The number of carbonyl (C=O) groups is 1. The number of fused-ring (bicyclic) bond motifs is 2. The van der Waals surface area contributed by atoms with E-state index in [-0.39, 0.29) is 35.8 Å². The molecule has 2 aromatic heterocycles. The smallest absolute Gasteiger partial charge is 0.332 e. The Kier molecular flexibility index (Phi) is 6.65. The number of ether oxygens (including phenoxy) is 2. The maximum Gasteiger partial charge on any atom is 0.332 e. The maximum absolute atomic E-state index is 13.0. The summed E-state index contributed by atoms with van der Waals surface area (Å²) >= 11 is 1.15. The Morgan fingerprint density at radius 1 is 1.18 bits per heavy atom. The molecular weight excluding hydrogens is 458 g/mol. The Hall–Kier alpha value is -3.34. The third-order valence-electron chi connectivity index (χ3n) is 5.42. The number of amides is 1. The van der Waals surface area contributed by atoms with Crippen molar-refractivity contribution < 1.29 is 14.3 Å². The first-order valence-corrected chi connectivity index (χ1v) is 11.9. The number of thioether (sulfide) groups is 1. The molecule has 1 amide bonds. The molecule has 0 aliphatic carbocycles. The third kappa shape index (κ3) is 4.65. The number of rotatable bonds is 7. The van der Waals surface area contributed by atoms with E-state index in [2.05, 4.69) is 15.3 Å². The summed E-state index contributed by atoms with van der Waals surface area (Å²) in [4.78, 5) is 47.2. The predicted molar refractivity (Wildman–Crippen MR) is 128 cm³/mol. The summed E-state index contributed by atoms with van der Waals surface area (Å²) < 4.78 is 13.3. The second kappa shape index (κ2) is 9.49. The van der Waals surface area contributed by atoms with Gasteiger partial charge in [0, 0.05) is 13.6 Å². The van der Waals surface area contributed by atoms with Gasteiger partial charge < -0.3 is 14.8 Å².